The zero-order valence-corrected chi connectivity index (χ0v) is 26.8. The quantitative estimate of drug-likeness (QED) is 0.105. The fraction of sp³-hybridized carbons (Fsp3) is 0.607. The summed E-state index contributed by atoms with van der Waals surface area (Å²) in [6.07, 6.45) is 5.20. The van der Waals surface area contributed by atoms with Crippen LogP contribution in [0.2, 0.25) is 16.6 Å². The molecule has 0 spiro atoms. The summed E-state index contributed by atoms with van der Waals surface area (Å²) in [6.45, 7) is 19.9. The minimum atomic E-state index is -2.23. The van der Waals surface area contributed by atoms with Crippen LogP contribution in [0.1, 0.15) is 78.9 Å². The Hall–Kier alpha value is -1.81. The predicted octanol–water partition coefficient (Wildman–Crippen LogP) is 8.30. The molecule has 2 aromatic heterocycles. The van der Waals surface area contributed by atoms with Crippen molar-refractivity contribution in [1.82, 2.24) is 9.97 Å². The van der Waals surface area contributed by atoms with E-state index in [0.717, 1.165) is 21.4 Å². The molecule has 37 heavy (non-hydrogen) atoms. The molecule has 206 valence electrons. The van der Waals surface area contributed by atoms with Crippen molar-refractivity contribution in [2.24, 2.45) is 5.92 Å². The summed E-state index contributed by atoms with van der Waals surface area (Å²) in [5.74, 6) is 0.287. The van der Waals surface area contributed by atoms with E-state index in [1.807, 2.05) is 18.4 Å². The molecule has 0 unspecified atom stereocenters. The summed E-state index contributed by atoms with van der Waals surface area (Å²) < 4.78 is 17.7. The molecule has 6 nitrogen and oxygen atoms in total. The largest absolute Gasteiger partial charge is 0.500 e. The van der Waals surface area contributed by atoms with E-state index in [-0.39, 0.29) is 12.0 Å². The van der Waals surface area contributed by atoms with Gasteiger partial charge in [0.05, 0.1) is 37.1 Å². The number of aromatic nitrogens is 2. The average molecular weight is 565 g/mol. The van der Waals surface area contributed by atoms with Crippen LogP contribution < -0.4 is 0 Å². The standard InChI is InChI=1S/C28H44N2O4S2Si/c1-17(2)27-30-23(16-36-27)28-29-22(15-35-28)12-13-24(21(9)25(32-10)14-26(31)33-11)34-37(18(3)4,19(5)6)20(7)8/h12-21,24H,1-11H3/b13-12?,25-14+/t21-,24+/m1/s1. The number of hydrogen-bond acceptors (Lipinski definition) is 8. The maximum atomic E-state index is 12.0. The number of esters is 1. The lowest BCUT2D eigenvalue weighted by molar-refractivity contribution is -0.135. The van der Waals surface area contributed by atoms with E-state index in [4.69, 9.17) is 23.9 Å². The molecular weight excluding hydrogens is 521 g/mol. The first-order valence-corrected chi connectivity index (χ1v) is 16.9. The third-order valence-electron chi connectivity index (χ3n) is 6.90. The van der Waals surface area contributed by atoms with E-state index in [1.54, 1.807) is 29.8 Å². The number of rotatable bonds is 13. The van der Waals surface area contributed by atoms with Gasteiger partial charge in [0.15, 0.2) is 0 Å². The Morgan fingerprint density at radius 3 is 2.00 bits per heavy atom. The number of nitrogens with zero attached hydrogens (tertiary/aromatic N) is 2. The van der Waals surface area contributed by atoms with Gasteiger partial charge in [0, 0.05) is 22.6 Å². The number of carbonyl (C=O) groups is 1. The van der Waals surface area contributed by atoms with Crippen LogP contribution in [0.15, 0.2) is 28.7 Å². The van der Waals surface area contributed by atoms with Crippen LogP contribution in [0.5, 0.6) is 0 Å². The molecule has 0 fully saturated rings. The fourth-order valence-corrected chi connectivity index (χ4v) is 12.2. The Bertz CT molecular complexity index is 1050. The number of hydrogen-bond donors (Lipinski definition) is 0. The van der Waals surface area contributed by atoms with E-state index < -0.39 is 14.3 Å². The van der Waals surface area contributed by atoms with E-state index >= 15 is 0 Å². The van der Waals surface area contributed by atoms with Crippen molar-refractivity contribution in [2.75, 3.05) is 14.2 Å². The van der Waals surface area contributed by atoms with Gasteiger partial charge in [-0.05, 0) is 22.7 Å². The average Bonchev–Trinajstić information content (AvgIpc) is 3.51. The SMILES string of the molecule is COC(=O)/C=C(/OC)[C@H](C)[C@H](C=Cc1csc(-c2csc(C(C)C)n2)n1)O[Si](C(C)C)(C(C)C)C(C)C. The second kappa shape index (κ2) is 13.8. The Labute approximate surface area is 232 Å². The van der Waals surface area contributed by atoms with E-state index in [1.165, 1.54) is 13.2 Å². The molecule has 0 amide bonds. The number of carbonyl (C=O) groups excluding carboxylic acids is 1. The number of methoxy groups -OCH3 is 2. The molecular formula is C28H44N2O4S2Si. The topological polar surface area (TPSA) is 70.5 Å². The smallest absolute Gasteiger partial charge is 0.333 e. The molecule has 2 atom stereocenters. The summed E-state index contributed by atoms with van der Waals surface area (Å²) >= 11 is 3.26. The number of thiazole rings is 2. The van der Waals surface area contributed by atoms with Crippen LogP contribution in [0.3, 0.4) is 0 Å². The first-order chi connectivity index (χ1) is 17.4. The van der Waals surface area contributed by atoms with Crippen molar-refractivity contribution in [3.8, 4) is 10.7 Å². The van der Waals surface area contributed by atoms with Gasteiger partial charge in [0.25, 0.3) is 0 Å². The highest BCUT2D eigenvalue weighted by molar-refractivity contribution is 7.14. The van der Waals surface area contributed by atoms with Gasteiger partial charge < -0.3 is 13.9 Å². The highest BCUT2D eigenvalue weighted by Gasteiger charge is 2.47. The fourth-order valence-electron chi connectivity index (χ4n) is 4.99. The second-order valence-electron chi connectivity index (χ2n) is 10.6. The van der Waals surface area contributed by atoms with Crippen LogP contribution >= 0.6 is 22.7 Å². The van der Waals surface area contributed by atoms with Crippen LogP contribution in [-0.4, -0.2) is 44.6 Å². The van der Waals surface area contributed by atoms with Gasteiger partial charge in [0.2, 0.25) is 8.32 Å². The molecule has 2 rings (SSSR count). The summed E-state index contributed by atoms with van der Waals surface area (Å²) in [5, 5.41) is 6.14. The van der Waals surface area contributed by atoms with E-state index in [0.29, 0.717) is 28.3 Å². The summed E-state index contributed by atoms with van der Waals surface area (Å²) in [5.41, 5.74) is 3.03. The van der Waals surface area contributed by atoms with Crippen molar-refractivity contribution in [2.45, 2.75) is 91.0 Å². The first-order valence-electron chi connectivity index (χ1n) is 13.0. The minimum Gasteiger partial charge on any atom is -0.500 e. The Kier molecular flexibility index (Phi) is 11.7. The van der Waals surface area contributed by atoms with Crippen LogP contribution in [-0.2, 0) is 18.7 Å². The Morgan fingerprint density at radius 2 is 1.51 bits per heavy atom. The summed E-state index contributed by atoms with van der Waals surface area (Å²) in [6, 6.07) is 0. The Balaban J connectivity index is 2.47. The van der Waals surface area contributed by atoms with Crippen LogP contribution in [0.25, 0.3) is 16.8 Å². The van der Waals surface area contributed by atoms with Crippen molar-refractivity contribution in [3.05, 3.63) is 39.4 Å². The van der Waals surface area contributed by atoms with E-state index in [2.05, 4.69) is 66.8 Å². The summed E-state index contributed by atoms with van der Waals surface area (Å²) in [7, 11) is 0.715. The third-order valence-corrected chi connectivity index (χ3v) is 15.0. The molecule has 0 aromatic carbocycles. The van der Waals surface area contributed by atoms with Gasteiger partial charge in [-0.25, -0.2) is 14.8 Å². The molecule has 0 bridgehead atoms. The molecule has 0 radical (unpaired) electrons. The Morgan fingerprint density at radius 1 is 0.892 bits per heavy atom. The lowest BCUT2D eigenvalue weighted by Crippen LogP contribution is -2.51. The van der Waals surface area contributed by atoms with Crippen LogP contribution in [0.4, 0.5) is 0 Å². The summed E-state index contributed by atoms with van der Waals surface area (Å²) in [4.78, 5) is 21.6. The molecule has 0 aliphatic heterocycles. The predicted molar refractivity (Wildman–Crippen MR) is 159 cm³/mol. The molecule has 0 saturated heterocycles. The van der Waals surface area contributed by atoms with E-state index in [9.17, 15) is 4.79 Å². The highest BCUT2D eigenvalue weighted by Crippen LogP contribution is 2.44. The molecule has 0 aliphatic rings. The molecule has 2 heterocycles. The minimum absolute atomic E-state index is 0.200. The molecule has 0 N–H and O–H groups in total. The lowest BCUT2D eigenvalue weighted by atomic mass is 10.0. The van der Waals surface area contributed by atoms with Crippen molar-refractivity contribution in [3.63, 3.8) is 0 Å². The van der Waals surface area contributed by atoms with Crippen molar-refractivity contribution < 1.29 is 18.7 Å². The molecule has 2 aromatic rings. The normalized spacial score (nSPS) is 14.8. The molecule has 0 aliphatic carbocycles. The van der Waals surface area contributed by atoms with Gasteiger partial charge in [-0.1, -0.05) is 68.4 Å². The molecule has 9 heteroatoms. The zero-order chi connectivity index (χ0) is 27.9. The van der Waals surface area contributed by atoms with Gasteiger partial charge in [0.1, 0.15) is 16.5 Å². The molecule has 0 saturated carbocycles. The van der Waals surface area contributed by atoms with Gasteiger partial charge in [-0.2, -0.15) is 0 Å². The zero-order valence-electron chi connectivity index (χ0n) is 24.2. The maximum Gasteiger partial charge on any atom is 0.333 e. The first kappa shape index (κ1) is 31.4. The van der Waals surface area contributed by atoms with Gasteiger partial charge in [-0.15, -0.1) is 22.7 Å². The van der Waals surface area contributed by atoms with Crippen LogP contribution in [0, 0.1) is 5.92 Å². The van der Waals surface area contributed by atoms with Crippen molar-refractivity contribution in [1.29, 1.82) is 0 Å². The second-order valence-corrected chi connectivity index (χ2v) is 17.8. The monoisotopic (exact) mass is 564 g/mol. The lowest BCUT2D eigenvalue weighted by Gasteiger charge is -2.45. The van der Waals surface area contributed by atoms with Gasteiger partial charge in [-0.3, -0.25) is 0 Å². The third kappa shape index (κ3) is 7.62. The van der Waals surface area contributed by atoms with Crippen molar-refractivity contribution >= 4 is 43.0 Å². The van der Waals surface area contributed by atoms with Gasteiger partial charge >= 0.3 is 5.97 Å². The highest BCUT2D eigenvalue weighted by atomic mass is 32.1. The number of ether oxygens (including phenoxy) is 2. The maximum absolute atomic E-state index is 12.0.